The second-order valence-electron chi connectivity index (χ2n) is 5.60. The number of aromatic carboxylic acids is 1. The third kappa shape index (κ3) is 3.72. The van der Waals surface area contributed by atoms with E-state index < -0.39 is 5.97 Å². The Morgan fingerprint density at radius 1 is 1.26 bits per heavy atom. The van der Waals surface area contributed by atoms with Gasteiger partial charge in [-0.3, -0.25) is 0 Å². The van der Waals surface area contributed by atoms with E-state index in [1.807, 2.05) is 6.07 Å². The van der Waals surface area contributed by atoms with Crippen LogP contribution in [0.2, 0.25) is 0 Å². The maximum Gasteiger partial charge on any atom is 0.336 e. The summed E-state index contributed by atoms with van der Waals surface area (Å²) in [5.41, 5.74) is 0.245. The van der Waals surface area contributed by atoms with Gasteiger partial charge in [-0.25, -0.2) is 4.79 Å². The van der Waals surface area contributed by atoms with Crippen molar-refractivity contribution in [2.24, 2.45) is 11.8 Å². The Kier molecular flexibility index (Phi) is 4.50. The number of hydrogen-bond acceptors (Lipinski definition) is 2. The number of ether oxygens (including phenoxy) is 1. The first-order valence-electron chi connectivity index (χ1n) is 6.65. The van der Waals surface area contributed by atoms with Crippen LogP contribution in [0.25, 0.3) is 0 Å². The summed E-state index contributed by atoms with van der Waals surface area (Å²) in [5, 5.41) is 9.09. The smallest absolute Gasteiger partial charge is 0.336 e. The van der Waals surface area contributed by atoms with Gasteiger partial charge in [0.2, 0.25) is 0 Å². The van der Waals surface area contributed by atoms with Crippen LogP contribution in [0.5, 0.6) is 5.75 Å². The number of carbonyl (C=O) groups is 1. The second-order valence-corrected chi connectivity index (χ2v) is 6.46. The molecule has 0 amide bonds. The molecule has 1 saturated carbocycles. The first-order valence-corrected chi connectivity index (χ1v) is 7.44. The van der Waals surface area contributed by atoms with Crippen LogP contribution < -0.4 is 4.74 Å². The monoisotopic (exact) mass is 326 g/mol. The van der Waals surface area contributed by atoms with E-state index in [0.717, 1.165) is 12.8 Å². The van der Waals surface area contributed by atoms with E-state index in [2.05, 4.69) is 29.8 Å². The summed E-state index contributed by atoms with van der Waals surface area (Å²) in [6.45, 7) is 4.49. The Hall–Kier alpha value is -1.03. The summed E-state index contributed by atoms with van der Waals surface area (Å²) >= 11 is 3.24. The van der Waals surface area contributed by atoms with Gasteiger partial charge in [0, 0.05) is 4.47 Å². The number of carboxylic acid groups (broad SMARTS) is 1. The van der Waals surface area contributed by atoms with Gasteiger partial charge in [0.05, 0.1) is 11.7 Å². The molecule has 0 spiro atoms. The van der Waals surface area contributed by atoms with E-state index in [1.54, 1.807) is 12.1 Å². The normalized spacial score (nSPS) is 27.0. The van der Waals surface area contributed by atoms with Gasteiger partial charge in [-0.1, -0.05) is 13.8 Å². The molecule has 0 heterocycles. The molecule has 2 atom stereocenters. The van der Waals surface area contributed by atoms with Crippen LogP contribution in [0.15, 0.2) is 22.7 Å². The van der Waals surface area contributed by atoms with Crippen LogP contribution >= 0.6 is 15.9 Å². The highest BCUT2D eigenvalue weighted by Crippen LogP contribution is 2.32. The average molecular weight is 327 g/mol. The largest absolute Gasteiger partial charge is 0.490 e. The minimum absolute atomic E-state index is 0.196. The van der Waals surface area contributed by atoms with Gasteiger partial charge in [0.15, 0.2) is 0 Å². The molecule has 0 radical (unpaired) electrons. The molecule has 1 aromatic rings. The van der Waals surface area contributed by atoms with Crippen molar-refractivity contribution >= 4 is 21.9 Å². The molecule has 4 heteroatoms. The predicted octanol–water partition coefficient (Wildman–Crippen LogP) is 4.35. The molecule has 2 rings (SSSR count). The van der Waals surface area contributed by atoms with Crippen molar-refractivity contribution in [1.29, 1.82) is 0 Å². The molecule has 1 aliphatic carbocycles. The molecule has 0 aromatic heterocycles. The van der Waals surface area contributed by atoms with E-state index in [9.17, 15) is 4.79 Å². The van der Waals surface area contributed by atoms with E-state index >= 15 is 0 Å². The maximum absolute atomic E-state index is 11.1. The zero-order valence-electron chi connectivity index (χ0n) is 11.2. The van der Waals surface area contributed by atoms with Crippen molar-refractivity contribution in [3.8, 4) is 5.75 Å². The molecule has 3 nitrogen and oxygen atoms in total. The fourth-order valence-corrected chi connectivity index (χ4v) is 3.32. The summed E-state index contributed by atoms with van der Waals surface area (Å²) in [5.74, 6) is 1.04. The molecule has 0 saturated heterocycles. The first-order chi connectivity index (χ1) is 8.95. The summed E-state index contributed by atoms with van der Waals surface area (Å²) in [6, 6.07) is 5.14. The van der Waals surface area contributed by atoms with Gasteiger partial charge in [0.1, 0.15) is 5.75 Å². The highest BCUT2D eigenvalue weighted by molar-refractivity contribution is 9.10. The average Bonchev–Trinajstić information content (AvgIpc) is 2.30. The number of rotatable bonds is 3. The first kappa shape index (κ1) is 14.4. The van der Waals surface area contributed by atoms with Crippen molar-refractivity contribution in [1.82, 2.24) is 0 Å². The van der Waals surface area contributed by atoms with Crippen LogP contribution in [0.3, 0.4) is 0 Å². The molecular formula is C15H19BrO3. The lowest BCUT2D eigenvalue weighted by molar-refractivity contribution is 0.0693. The molecule has 1 fully saturated rings. The van der Waals surface area contributed by atoms with Crippen LogP contribution in [-0.4, -0.2) is 17.2 Å². The number of hydrogen-bond donors (Lipinski definition) is 1. The van der Waals surface area contributed by atoms with Crippen molar-refractivity contribution < 1.29 is 14.6 Å². The molecule has 1 aromatic carbocycles. The van der Waals surface area contributed by atoms with Crippen molar-refractivity contribution in [3.63, 3.8) is 0 Å². The topological polar surface area (TPSA) is 46.5 Å². The molecule has 1 aliphatic rings. The molecule has 1 N–H and O–H groups in total. The Bertz CT molecular complexity index is 462. The van der Waals surface area contributed by atoms with Crippen LogP contribution in [0.1, 0.15) is 43.5 Å². The SMILES string of the molecule is CC1CC(C)CC(Oc2ccc(Br)c(C(=O)O)c2)C1. The fourth-order valence-electron chi connectivity index (χ4n) is 2.90. The third-order valence-electron chi connectivity index (χ3n) is 3.61. The molecule has 2 unspecified atom stereocenters. The van der Waals surface area contributed by atoms with E-state index in [-0.39, 0.29) is 11.7 Å². The van der Waals surface area contributed by atoms with Crippen molar-refractivity contribution in [3.05, 3.63) is 28.2 Å². The van der Waals surface area contributed by atoms with Crippen molar-refractivity contribution in [2.75, 3.05) is 0 Å². The molecule has 104 valence electrons. The maximum atomic E-state index is 11.1. The fraction of sp³-hybridized carbons (Fsp3) is 0.533. The lowest BCUT2D eigenvalue weighted by Gasteiger charge is -2.31. The van der Waals surface area contributed by atoms with Crippen molar-refractivity contribution in [2.45, 2.75) is 39.2 Å². The van der Waals surface area contributed by atoms with Crippen LogP contribution in [0, 0.1) is 11.8 Å². The number of halogens is 1. The summed E-state index contributed by atoms with van der Waals surface area (Å²) in [6.07, 6.45) is 3.54. The zero-order valence-corrected chi connectivity index (χ0v) is 12.8. The Labute approximate surface area is 122 Å². The van der Waals surface area contributed by atoms with E-state index in [1.165, 1.54) is 6.42 Å². The standard InChI is InChI=1S/C15H19BrO3/c1-9-5-10(2)7-12(6-9)19-11-3-4-14(16)13(8-11)15(17)18/h3-4,8-10,12H,5-7H2,1-2H3,(H,17,18). The molecule has 19 heavy (non-hydrogen) atoms. The van der Waals surface area contributed by atoms with Crippen LogP contribution in [-0.2, 0) is 0 Å². The Balaban J connectivity index is 2.10. The summed E-state index contributed by atoms with van der Waals surface area (Å²) < 4.78 is 6.54. The van der Waals surface area contributed by atoms with Gasteiger partial charge < -0.3 is 9.84 Å². The molecular weight excluding hydrogens is 308 g/mol. The van der Waals surface area contributed by atoms with Gasteiger partial charge in [-0.15, -0.1) is 0 Å². The van der Waals surface area contributed by atoms with Gasteiger partial charge in [-0.05, 0) is 65.2 Å². The minimum Gasteiger partial charge on any atom is -0.490 e. The van der Waals surface area contributed by atoms with E-state index in [0.29, 0.717) is 22.1 Å². The quantitative estimate of drug-likeness (QED) is 0.898. The molecule has 0 aliphatic heterocycles. The highest BCUT2D eigenvalue weighted by Gasteiger charge is 2.25. The highest BCUT2D eigenvalue weighted by atomic mass is 79.9. The summed E-state index contributed by atoms with van der Waals surface area (Å²) in [4.78, 5) is 11.1. The second kappa shape index (κ2) is 5.95. The van der Waals surface area contributed by atoms with E-state index in [4.69, 9.17) is 9.84 Å². The molecule has 0 bridgehead atoms. The predicted molar refractivity (Wildman–Crippen MR) is 77.7 cm³/mol. The lowest BCUT2D eigenvalue weighted by Crippen LogP contribution is -2.28. The minimum atomic E-state index is -0.942. The number of benzene rings is 1. The van der Waals surface area contributed by atoms with Gasteiger partial charge in [-0.2, -0.15) is 0 Å². The summed E-state index contributed by atoms with van der Waals surface area (Å²) in [7, 11) is 0. The number of carboxylic acids is 1. The Morgan fingerprint density at radius 2 is 1.89 bits per heavy atom. The third-order valence-corrected chi connectivity index (χ3v) is 4.30. The van der Waals surface area contributed by atoms with Gasteiger partial charge in [0.25, 0.3) is 0 Å². The lowest BCUT2D eigenvalue weighted by atomic mass is 9.82. The zero-order chi connectivity index (χ0) is 14.0. The Morgan fingerprint density at radius 3 is 2.47 bits per heavy atom. The van der Waals surface area contributed by atoms with Crippen LogP contribution in [0.4, 0.5) is 0 Å². The van der Waals surface area contributed by atoms with Gasteiger partial charge >= 0.3 is 5.97 Å².